The van der Waals surface area contributed by atoms with Crippen molar-refractivity contribution < 1.29 is 0 Å². The van der Waals surface area contributed by atoms with Crippen molar-refractivity contribution in [3.63, 3.8) is 0 Å². The van der Waals surface area contributed by atoms with Gasteiger partial charge in [-0.05, 0) is 6.08 Å². The van der Waals surface area contributed by atoms with Gasteiger partial charge in [0.15, 0.2) is 17.9 Å². The number of aliphatic imine (C=N–C) groups is 2. The quantitative estimate of drug-likeness (QED) is 0.210. The molecule has 0 saturated heterocycles. The lowest BCUT2D eigenvalue weighted by Gasteiger charge is -2.10. The predicted molar refractivity (Wildman–Crippen MR) is 94.0 cm³/mol. The lowest BCUT2D eigenvalue weighted by molar-refractivity contribution is 0.764. The first-order chi connectivity index (χ1) is 11.4. The molecule has 2 rings (SSSR count). The van der Waals surface area contributed by atoms with E-state index in [1.54, 1.807) is 12.3 Å². The third-order valence-electron chi connectivity index (χ3n) is 3.16. The summed E-state index contributed by atoms with van der Waals surface area (Å²) in [4.78, 5) is 22.5. The van der Waals surface area contributed by atoms with Crippen LogP contribution in [0.3, 0.4) is 0 Å². The van der Waals surface area contributed by atoms with Gasteiger partial charge >= 0.3 is 0 Å². The van der Waals surface area contributed by atoms with Crippen molar-refractivity contribution in [3.05, 3.63) is 28.4 Å². The molecule has 11 nitrogen and oxygen atoms in total. The Kier molecular flexibility index (Phi) is 5.04. The number of nitrogen functional groups attached to an aromatic ring is 1. The van der Waals surface area contributed by atoms with Gasteiger partial charge in [0.1, 0.15) is 5.48 Å². The average molecular weight is 331 g/mol. The summed E-state index contributed by atoms with van der Waals surface area (Å²) < 4.78 is 0. The number of guanidine groups is 2. The van der Waals surface area contributed by atoms with E-state index in [4.69, 9.17) is 28.7 Å². The fraction of sp³-hybridized carbons (Fsp3) is 0.231. The van der Waals surface area contributed by atoms with E-state index in [0.717, 1.165) is 5.69 Å². The standard InChI is InChI=1S/C13H21N11/c1-6-22-8(2-3-19-11(14)15)10(23-6)7(4-20-12(16)17)9-5-21-13(18)24-9/h2,5,7,22H,1,3-4H2,(H4,14,15,19)(H4,16,17,20)(H3,18,21,24)/b8-2-. The zero-order valence-electron chi connectivity index (χ0n) is 13.0. The van der Waals surface area contributed by atoms with E-state index >= 15 is 0 Å². The Labute approximate surface area is 137 Å². The second kappa shape index (κ2) is 7.17. The first-order valence-corrected chi connectivity index (χ1v) is 7.03. The van der Waals surface area contributed by atoms with E-state index in [-0.39, 0.29) is 36.9 Å². The Hall–Kier alpha value is -3.50. The summed E-state index contributed by atoms with van der Waals surface area (Å²) in [6, 6.07) is 0. The molecule has 12 N–H and O–H groups in total. The lowest BCUT2D eigenvalue weighted by Crippen LogP contribution is -2.25. The normalized spacial score (nSPS) is 12.8. The van der Waals surface area contributed by atoms with E-state index in [2.05, 4.69) is 36.5 Å². The van der Waals surface area contributed by atoms with Crippen molar-refractivity contribution in [3.8, 4) is 0 Å². The topological polar surface area (TPSA) is 212 Å². The van der Waals surface area contributed by atoms with Gasteiger partial charge in [0.25, 0.3) is 0 Å². The highest BCUT2D eigenvalue weighted by Crippen LogP contribution is 2.19. The summed E-state index contributed by atoms with van der Waals surface area (Å²) in [7, 11) is 0. The number of anilines is 1. The van der Waals surface area contributed by atoms with E-state index in [1.807, 2.05) is 0 Å². The smallest absolute Gasteiger partial charge is 0.197 e. The third-order valence-corrected chi connectivity index (χ3v) is 3.16. The molecule has 2 aromatic rings. The fourth-order valence-corrected chi connectivity index (χ4v) is 2.17. The molecule has 2 aromatic heterocycles. The highest BCUT2D eigenvalue weighted by molar-refractivity contribution is 5.76. The molecule has 1 unspecified atom stereocenters. The van der Waals surface area contributed by atoms with Crippen LogP contribution in [0.1, 0.15) is 17.3 Å². The molecule has 0 saturated carbocycles. The number of hydrogen-bond donors (Lipinski definition) is 7. The average Bonchev–Trinajstić information content (AvgIpc) is 3.05. The summed E-state index contributed by atoms with van der Waals surface area (Å²) in [6.45, 7) is 4.36. The van der Waals surface area contributed by atoms with Crippen molar-refractivity contribution in [2.24, 2.45) is 32.9 Å². The van der Waals surface area contributed by atoms with Gasteiger partial charge in [-0.3, -0.25) is 4.99 Å². The second-order valence-electron chi connectivity index (χ2n) is 4.99. The zero-order valence-corrected chi connectivity index (χ0v) is 13.0. The highest BCUT2D eigenvalue weighted by Gasteiger charge is 2.20. The van der Waals surface area contributed by atoms with E-state index in [9.17, 15) is 0 Å². The summed E-state index contributed by atoms with van der Waals surface area (Å²) in [6.07, 6.45) is 3.40. The summed E-state index contributed by atoms with van der Waals surface area (Å²) in [5.41, 5.74) is 29.1. The van der Waals surface area contributed by atoms with Gasteiger partial charge in [0.05, 0.1) is 36.2 Å². The molecule has 0 fully saturated rings. The number of aromatic nitrogens is 4. The van der Waals surface area contributed by atoms with E-state index in [0.29, 0.717) is 16.5 Å². The molecule has 0 radical (unpaired) electrons. The second-order valence-corrected chi connectivity index (χ2v) is 4.99. The van der Waals surface area contributed by atoms with Crippen LogP contribution in [0.2, 0.25) is 0 Å². The fourth-order valence-electron chi connectivity index (χ4n) is 2.17. The van der Waals surface area contributed by atoms with E-state index < -0.39 is 0 Å². The highest BCUT2D eigenvalue weighted by atomic mass is 15.0. The number of nitrogens with one attached hydrogen (secondary N) is 2. The van der Waals surface area contributed by atoms with Crippen molar-refractivity contribution in [1.29, 1.82) is 0 Å². The van der Waals surface area contributed by atoms with Gasteiger partial charge in [-0.15, -0.1) is 0 Å². The van der Waals surface area contributed by atoms with Crippen LogP contribution < -0.4 is 39.5 Å². The van der Waals surface area contributed by atoms with Crippen LogP contribution in [0.25, 0.3) is 12.7 Å². The largest absolute Gasteiger partial charge is 0.370 e. The molecule has 1 atom stereocenters. The van der Waals surface area contributed by atoms with Crippen LogP contribution in [-0.2, 0) is 0 Å². The SMILES string of the molecule is C=c1nc(C(CN=C(N)N)c2cnc(N)[nH]2)/c(=C/CN=C(N)N)[nH]1. The number of rotatable bonds is 6. The van der Waals surface area contributed by atoms with Gasteiger partial charge in [-0.2, -0.15) is 0 Å². The summed E-state index contributed by atoms with van der Waals surface area (Å²) >= 11 is 0. The minimum Gasteiger partial charge on any atom is -0.370 e. The molecule has 0 amide bonds. The van der Waals surface area contributed by atoms with Gasteiger partial charge in [0, 0.05) is 5.69 Å². The molecular formula is C13H21N11. The summed E-state index contributed by atoms with van der Waals surface area (Å²) in [5, 5.41) is 0.717. The van der Waals surface area contributed by atoms with Crippen LogP contribution in [0.4, 0.5) is 5.95 Å². The Bertz CT molecular complexity index is 849. The first-order valence-electron chi connectivity index (χ1n) is 7.03. The maximum absolute atomic E-state index is 5.66. The number of nitrogens with two attached hydrogens (primary N) is 5. The number of imidazole rings is 2. The number of hydrogen-bond acceptors (Lipinski definition) is 5. The number of nitrogens with zero attached hydrogens (tertiary/aromatic N) is 4. The third kappa shape index (κ3) is 4.25. The van der Waals surface area contributed by atoms with Gasteiger partial charge < -0.3 is 38.6 Å². The first kappa shape index (κ1) is 16.9. The maximum Gasteiger partial charge on any atom is 0.197 e. The maximum atomic E-state index is 5.66. The molecule has 2 heterocycles. The molecule has 0 spiro atoms. The molecule has 0 aliphatic rings. The van der Waals surface area contributed by atoms with Crippen molar-refractivity contribution in [2.75, 3.05) is 18.8 Å². The molecule has 128 valence electrons. The minimum absolute atomic E-state index is 0.000518. The Morgan fingerprint density at radius 2 is 1.92 bits per heavy atom. The van der Waals surface area contributed by atoms with Gasteiger partial charge in [-0.1, -0.05) is 6.58 Å². The van der Waals surface area contributed by atoms with Crippen LogP contribution in [0.5, 0.6) is 0 Å². The molecule has 24 heavy (non-hydrogen) atoms. The van der Waals surface area contributed by atoms with Crippen molar-refractivity contribution in [1.82, 2.24) is 19.9 Å². The molecule has 0 bridgehead atoms. The Morgan fingerprint density at radius 3 is 2.50 bits per heavy atom. The minimum atomic E-state index is -0.297. The summed E-state index contributed by atoms with van der Waals surface area (Å²) in [5.74, 6) is -0.0327. The number of H-pyrrole nitrogens is 2. The Balaban J connectivity index is 2.48. The van der Waals surface area contributed by atoms with Gasteiger partial charge in [-0.25, -0.2) is 15.0 Å². The van der Waals surface area contributed by atoms with Crippen molar-refractivity contribution >= 4 is 30.5 Å². The predicted octanol–water partition coefficient (Wildman–Crippen LogP) is -3.42. The van der Waals surface area contributed by atoms with Crippen LogP contribution >= 0.6 is 0 Å². The monoisotopic (exact) mass is 331 g/mol. The van der Waals surface area contributed by atoms with Crippen molar-refractivity contribution in [2.45, 2.75) is 5.92 Å². The van der Waals surface area contributed by atoms with Crippen LogP contribution in [0.15, 0.2) is 16.2 Å². The lowest BCUT2D eigenvalue weighted by atomic mass is 10.0. The number of aromatic amines is 2. The molecular weight excluding hydrogens is 310 g/mol. The molecule has 11 heteroatoms. The molecule has 0 aliphatic carbocycles. The molecule has 0 aliphatic heterocycles. The van der Waals surface area contributed by atoms with Crippen LogP contribution in [-0.4, -0.2) is 44.9 Å². The molecule has 0 aromatic carbocycles. The van der Waals surface area contributed by atoms with Crippen LogP contribution in [0, 0.1) is 0 Å². The van der Waals surface area contributed by atoms with Gasteiger partial charge in [0.2, 0.25) is 0 Å². The zero-order chi connectivity index (χ0) is 17.7. The Morgan fingerprint density at radius 1 is 1.21 bits per heavy atom. The van der Waals surface area contributed by atoms with E-state index in [1.165, 1.54) is 0 Å².